The van der Waals surface area contributed by atoms with E-state index in [9.17, 15) is 9.59 Å². The lowest BCUT2D eigenvalue weighted by Crippen LogP contribution is -2.28. The minimum atomic E-state index is -0.812. The summed E-state index contributed by atoms with van der Waals surface area (Å²) in [5.74, 6) is -0.881. The number of amides is 2. The minimum absolute atomic E-state index is 0.356. The van der Waals surface area contributed by atoms with Gasteiger partial charge in [-0.15, -0.1) is 0 Å². The average molecular weight is 367 g/mol. The van der Waals surface area contributed by atoms with Gasteiger partial charge in [0, 0.05) is 6.54 Å². The molecule has 1 fully saturated rings. The van der Waals surface area contributed by atoms with E-state index >= 15 is 0 Å². The zero-order valence-corrected chi connectivity index (χ0v) is 14.6. The molecule has 0 atom stereocenters. The first-order valence-electron chi connectivity index (χ1n) is 8.48. The van der Waals surface area contributed by atoms with Gasteiger partial charge in [-0.1, -0.05) is 12.1 Å². The number of hydrazine groups is 1. The molecule has 1 aliphatic heterocycles. The van der Waals surface area contributed by atoms with Crippen LogP contribution < -0.4 is 21.3 Å². The lowest BCUT2D eigenvalue weighted by molar-refractivity contribution is -0.124. The van der Waals surface area contributed by atoms with Gasteiger partial charge in [0.15, 0.2) is 0 Å². The largest absolute Gasteiger partial charge is 0.491 e. The first-order chi connectivity index (χ1) is 12.7. The minimum Gasteiger partial charge on any atom is -0.491 e. The van der Waals surface area contributed by atoms with Crippen LogP contribution in [0.15, 0.2) is 24.3 Å². The summed E-state index contributed by atoms with van der Waals surface area (Å²) >= 11 is 0. The SMILES string of the molecule is NCCOCCOCCOCCOc1ccc(C2C(=O)NNC2=O)cc1. The summed E-state index contributed by atoms with van der Waals surface area (Å²) in [5.41, 5.74) is 10.5. The van der Waals surface area contributed by atoms with Gasteiger partial charge in [0.2, 0.25) is 0 Å². The first-order valence-corrected chi connectivity index (χ1v) is 8.48. The Morgan fingerprint density at radius 2 is 1.27 bits per heavy atom. The Morgan fingerprint density at radius 1 is 0.769 bits per heavy atom. The molecule has 1 saturated heterocycles. The summed E-state index contributed by atoms with van der Waals surface area (Å²) in [4.78, 5) is 23.2. The van der Waals surface area contributed by atoms with Crippen molar-refractivity contribution >= 4 is 11.8 Å². The van der Waals surface area contributed by atoms with Gasteiger partial charge in [0.25, 0.3) is 11.8 Å². The van der Waals surface area contributed by atoms with Crippen LogP contribution >= 0.6 is 0 Å². The molecule has 0 bridgehead atoms. The van der Waals surface area contributed by atoms with Crippen molar-refractivity contribution in [3.05, 3.63) is 29.8 Å². The number of hydrogen-bond donors (Lipinski definition) is 3. The van der Waals surface area contributed by atoms with Gasteiger partial charge in [0.1, 0.15) is 18.3 Å². The summed E-state index contributed by atoms with van der Waals surface area (Å²) in [7, 11) is 0. The van der Waals surface area contributed by atoms with Gasteiger partial charge >= 0.3 is 0 Å². The van der Waals surface area contributed by atoms with E-state index < -0.39 is 5.92 Å². The van der Waals surface area contributed by atoms with Crippen LogP contribution in [-0.4, -0.2) is 64.6 Å². The molecule has 0 saturated carbocycles. The molecular formula is C17H25N3O6. The van der Waals surface area contributed by atoms with Gasteiger partial charge < -0.3 is 24.7 Å². The smallest absolute Gasteiger partial charge is 0.255 e. The van der Waals surface area contributed by atoms with E-state index in [0.29, 0.717) is 64.1 Å². The predicted octanol–water partition coefficient (Wildman–Crippen LogP) is -0.681. The molecule has 0 unspecified atom stereocenters. The topological polar surface area (TPSA) is 121 Å². The molecule has 144 valence electrons. The maximum atomic E-state index is 11.6. The zero-order valence-electron chi connectivity index (χ0n) is 14.6. The van der Waals surface area contributed by atoms with Crippen LogP contribution in [0, 0.1) is 0 Å². The Hall–Kier alpha value is -2.20. The van der Waals surface area contributed by atoms with Crippen molar-refractivity contribution in [2.45, 2.75) is 5.92 Å². The zero-order chi connectivity index (χ0) is 18.6. The normalized spacial score (nSPS) is 14.3. The fourth-order valence-corrected chi connectivity index (χ4v) is 2.29. The fraction of sp³-hybridized carbons (Fsp3) is 0.529. The Balaban J connectivity index is 1.54. The van der Waals surface area contributed by atoms with Crippen LogP contribution in [0.25, 0.3) is 0 Å². The third kappa shape index (κ3) is 6.60. The maximum Gasteiger partial charge on any atom is 0.255 e. The molecule has 4 N–H and O–H groups in total. The highest BCUT2D eigenvalue weighted by molar-refractivity contribution is 6.10. The van der Waals surface area contributed by atoms with Crippen molar-refractivity contribution in [3.63, 3.8) is 0 Å². The number of rotatable bonds is 13. The molecule has 1 heterocycles. The second-order valence-corrected chi connectivity index (χ2v) is 5.45. The van der Waals surface area contributed by atoms with Gasteiger partial charge in [0.05, 0.1) is 39.6 Å². The number of hydrogen-bond acceptors (Lipinski definition) is 7. The highest BCUT2D eigenvalue weighted by atomic mass is 16.6. The number of nitrogens with two attached hydrogens (primary N) is 1. The molecule has 0 spiro atoms. The van der Waals surface area contributed by atoms with E-state index in [1.807, 2.05) is 0 Å². The van der Waals surface area contributed by atoms with Crippen molar-refractivity contribution in [2.75, 3.05) is 52.8 Å². The van der Waals surface area contributed by atoms with Gasteiger partial charge in [-0.25, -0.2) is 0 Å². The molecule has 0 aromatic heterocycles. The lowest BCUT2D eigenvalue weighted by Gasteiger charge is -2.09. The van der Waals surface area contributed by atoms with E-state index in [-0.39, 0.29) is 11.8 Å². The quantitative estimate of drug-likeness (QED) is 0.312. The molecule has 0 radical (unpaired) electrons. The van der Waals surface area contributed by atoms with Crippen LogP contribution in [0.4, 0.5) is 0 Å². The van der Waals surface area contributed by atoms with E-state index in [4.69, 9.17) is 24.7 Å². The third-order valence-electron chi connectivity index (χ3n) is 3.55. The fourth-order valence-electron chi connectivity index (χ4n) is 2.29. The number of carbonyl (C=O) groups excluding carboxylic acids is 2. The van der Waals surface area contributed by atoms with Crippen molar-refractivity contribution < 1.29 is 28.5 Å². The molecule has 0 aliphatic carbocycles. The van der Waals surface area contributed by atoms with Gasteiger partial charge in [-0.2, -0.15) is 0 Å². The highest BCUT2D eigenvalue weighted by Crippen LogP contribution is 2.21. The van der Waals surface area contributed by atoms with E-state index in [1.165, 1.54) is 0 Å². The number of nitrogens with one attached hydrogen (secondary N) is 2. The van der Waals surface area contributed by atoms with Crippen LogP contribution in [0.3, 0.4) is 0 Å². The average Bonchev–Trinajstić information content (AvgIpc) is 2.99. The van der Waals surface area contributed by atoms with E-state index in [0.717, 1.165) is 0 Å². The molecule has 9 heteroatoms. The van der Waals surface area contributed by atoms with Gasteiger partial charge in [-0.05, 0) is 17.7 Å². The molecule has 2 rings (SSSR count). The Morgan fingerprint density at radius 3 is 1.81 bits per heavy atom. The van der Waals surface area contributed by atoms with E-state index in [1.54, 1.807) is 24.3 Å². The Bertz CT molecular complexity index is 550. The number of benzene rings is 1. The molecule has 2 amide bonds. The van der Waals surface area contributed by atoms with Crippen molar-refractivity contribution in [3.8, 4) is 5.75 Å². The van der Waals surface area contributed by atoms with Crippen molar-refractivity contribution in [2.24, 2.45) is 5.73 Å². The summed E-state index contributed by atoms with van der Waals surface area (Å²) < 4.78 is 21.5. The van der Waals surface area contributed by atoms with Crippen LogP contribution in [0.2, 0.25) is 0 Å². The first kappa shape index (κ1) is 20.1. The maximum absolute atomic E-state index is 11.6. The second kappa shape index (κ2) is 11.4. The van der Waals surface area contributed by atoms with Crippen LogP contribution in [0.1, 0.15) is 11.5 Å². The molecular weight excluding hydrogens is 342 g/mol. The Labute approximate surface area is 152 Å². The summed E-state index contributed by atoms with van der Waals surface area (Å²) in [6.45, 7) is 3.89. The van der Waals surface area contributed by atoms with Crippen molar-refractivity contribution in [1.82, 2.24) is 10.9 Å². The lowest BCUT2D eigenvalue weighted by atomic mass is 9.99. The number of ether oxygens (including phenoxy) is 4. The standard InChI is InChI=1S/C17H25N3O6/c18-5-6-23-7-8-24-9-10-25-11-12-26-14-3-1-13(2-4-14)15-16(21)19-20-17(15)22/h1-4,15H,5-12,18H2,(H,19,21)(H,20,22). The third-order valence-corrected chi connectivity index (χ3v) is 3.55. The molecule has 9 nitrogen and oxygen atoms in total. The summed E-state index contributed by atoms with van der Waals surface area (Å²) in [6.07, 6.45) is 0. The van der Waals surface area contributed by atoms with Gasteiger partial charge in [-0.3, -0.25) is 20.4 Å². The monoisotopic (exact) mass is 367 g/mol. The predicted molar refractivity (Wildman–Crippen MR) is 92.5 cm³/mol. The Kier molecular flexibility index (Phi) is 8.84. The molecule has 26 heavy (non-hydrogen) atoms. The number of carbonyl (C=O) groups is 2. The molecule has 1 aliphatic rings. The molecule has 1 aromatic carbocycles. The van der Waals surface area contributed by atoms with Crippen LogP contribution in [0.5, 0.6) is 5.75 Å². The summed E-state index contributed by atoms with van der Waals surface area (Å²) in [6, 6.07) is 6.84. The molecule has 1 aromatic rings. The summed E-state index contributed by atoms with van der Waals surface area (Å²) in [5, 5.41) is 0. The second-order valence-electron chi connectivity index (χ2n) is 5.45. The van der Waals surface area contributed by atoms with Crippen LogP contribution in [-0.2, 0) is 23.8 Å². The van der Waals surface area contributed by atoms with Crippen molar-refractivity contribution in [1.29, 1.82) is 0 Å². The highest BCUT2D eigenvalue weighted by Gasteiger charge is 2.34. The van der Waals surface area contributed by atoms with E-state index in [2.05, 4.69) is 10.9 Å².